The fraction of sp³-hybridized carbons (Fsp3) is 0.846. The molecule has 3 rings (SSSR count). The Hall–Kier alpha value is -0.900. The molecule has 0 aromatic rings. The second-order valence-electron chi connectivity index (χ2n) is 5.74. The molecule has 4 nitrogen and oxygen atoms in total. The van der Waals surface area contributed by atoms with Gasteiger partial charge in [0.05, 0.1) is 12.5 Å². The third-order valence-electron chi connectivity index (χ3n) is 4.42. The summed E-state index contributed by atoms with van der Waals surface area (Å²) in [6, 6.07) is 0.337. The number of rotatable bonds is 4. The number of hydrogen-bond donors (Lipinski definition) is 1. The van der Waals surface area contributed by atoms with Gasteiger partial charge in [0.15, 0.2) is 0 Å². The topological polar surface area (TPSA) is 49.4 Å². The molecule has 2 atom stereocenters. The standard InChI is InChI=1S/C13H20N2O2/c1-8(9-3-2-4-9)14-11-7-12(16)15(13(11)17)10-5-6-10/h8-11,14H,2-7H2,1H3. The van der Waals surface area contributed by atoms with E-state index >= 15 is 0 Å². The van der Waals surface area contributed by atoms with Gasteiger partial charge in [0.2, 0.25) is 11.8 Å². The summed E-state index contributed by atoms with van der Waals surface area (Å²) in [6.45, 7) is 2.14. The van der Waals surface area contributed by atoms with Crippen molar-refractivity contribution in [1.29, 1.82) is 0 Å². The van der Waals surface area contributed by atoms with Crippen molar-refractivity contribution in [2.75, 3.05) is 0 Å². The molecule has 1 heterocycles. The normalized spacial score (nSPS) is 31.8. The highest BCUT2D eigenvalue weighted by Gasteiger charge is 2.46. The van der Waals surface area contributed by atoms with Crippen LogP contribution in [0.3, 0.4) is 0 Å². The number of carbonyl (C=O) groups is 2. The fourth-order valence-corrected chi connectivity index (χ4v) is 2.89. The van der Waals surface area contributed by atoms with Gasteiger partial charge in [-0.25, -0.2) is 0 Å². The SMILES string of the molecule is CC(NC1CC(=O)N(C2CC2)C1=O)C1CCC1. The monoisotopic (exact) mass is 236 g/mol. The van der Waals surface area contributed by atoms with Gasteiger partial charge in [-0.15, -0.1) is 0 Å². The molecule has 3 fully saturated rings. The lowest BCUT2D eigenvalue weighted by Gasteiger charge is -2.33. The minimum Gasteiger partial charge on any atom is -0.303 e. The Morgan fingerprint density at radius 1 is 1.24 bits per heavy atom. The highest BCUT2D eigenvalue weighted by atomic mass is 16.2. The van der Waals surface area contributed by atoms with Crippen LogP contribution in [-0.2, 0) is 9.59 Å². The number of nitrogens with zero attached hydrogens (tertiary/aromatic N) is 1. The largest absolute Gasteiger partial charge is 0.303 e. The van der Waals surface area contributed by atoms with Gasteiger partial charge in [0.1, 0.15) is 0 Å². The summed E-state index contributed by atoms with van der Waals surface area (Å²) in [5.74, 6) is 0.743. The van der Waals surface area contributed by atoms with Gasteiger partial charge in [-0.2, -0.15) is 0 Å². The van der Waals surface area contributed by atoms with Crippen molar-refractivity contribution in [2.45, 2.75) is 63.6 Å². The van der Waals surface area contributed by atoms with Gasteiger partial charge < -0.3 is 5.32 Å². The molecular formula is C13H20N2O2. The molecule has 0 bridgehead atoms. The minimum absolute atomic E-state index is 0.0173. The lowest BCUT2D eigenvalue weighted by molar-refractivity contribution is -0.139. The number of hydrogen-bond acceptors (Lipinski definition) is 3. The van der Waals surface area contributed by atoms with Gasteiger partial charge in [0, 0.05) is 12.1 Å². The fourth-order valence-electron chi connectivity index (χ4n) is 2.89. The molecule has 0 aromatic heterocycles. The summed E-state index contributed by atoms with van der Waals surface area (Å²) in [6.07, 6.45) is 6.20. The van der Waals surface area contributed by atoms with E-state index in [4.69, 9.17) is 0 Å². The van der Waals surface area contributed by atoms with Crippen LogP contribution >= 0.6 is 0 Å². The number of carbonyl (C=O) groups excluding carboxylic acids is 2. The molecular weight excluding hydrogens is 216 g/mol. The van der Waals surface area contributed by atoms with E-state index in [9.17, 15) is 9.59 Å². The summed E-state index contributed by atoms with van der Waals surface area (Å²) >= 11 is 0. The van der Waals surface area contributed by atoms with E-state index < -0.39 is 0 Å². The van der Waals surface area contributed by atoms with Gasteiger partial charge in [-0.1, -0.05) is 6.42 Å². The first-order valence-electron chi connectivity index (χ1n) is 6.79. The molecule has 1 saturated heterocycles. The van der Waals surface area contributed by atoms with Crippen molar-refractivity contribution < 1.29 is 9.59 Å². The summed E-state index contributed by atoms with van der Waals surface area (Å²) in [4.78, 5) is 25.4. The van der Waals surface area contributed by atoms with Crippen LogP contribution in [0.15, 0.2) is 0 Å². The first-order valence-corrected chi connectivity index (χ1v) is 6.79. The van der Waals surface area contributed by atoms with E-state index in [1.807, 2.05) is 0 Å². The van der Waals surface area contributed by atoms with E-state index in [2.05, 4.69) is 12.2 Å². The maximum absolute atomic E-state index is 12.1. The Morgan fingerprint density at radius 3 is 2.47 bits per heavy atom. The quantitative estimate of drug-likeness (QED) is 0.742. The molecule has 0 spiro atoms. The van der Waals surface area contributed by atoms with Crippen LogP contribution in [0.4, 0.5) is 0 Å². The lowest BCUT2D eigenvalue weighted by atomic mass is 9.80. The van der Waals surface area contributed by atoms with Crippen LogP contribution in [0.1, 0.15) is 45.4 Å². The number of nitrogens with one attached hydrogen (secondary N) is 1. The van der Waals surface area contributed by atoms with Crippen LogP contribution in [0.25, 0.3) is 0 Å². The van der Waals surface area contributed by atoms with Crippen LogP contribution in [0.5, 0.6) is 0 Å². The molecule has 2 amide bonds. The highest BCUT2D eigenvalue weighted by molar-refractivity contribution is 6.06. The molecule has 94 valence electrons. The number of likely N-dealkylation sites (tertiary alicyclic amines) is 1. The van der Waals surface area contributed by atoms with Crippen LogP contribution in [0, 0.1) is 5.92 Å². The van der Waals surface area contributed by atoms with Crippen LogP contribution in [0.2, 0.25) is 0 Å². The predicted molar refractivity (Wildman–Crippen MR) is 63.2 cm³/mol. The Labute approximate surface area is 102 Å². The zero-order valence-corrected chi connectivity index (χ0v) is 10.3. The Morgan fingerprint density at radius 2 is 1.94 bits per heavy atom. The van der Waals surface area contributed by atoms with E-state index in [-0.39, 0.29) is 23.9 Å². The lowest BCUT2D eigenvalue weighted by Crippen LogP contribution is -2.47. The summed E-state index contributed by atoms with van der Waals surface area (Å²) < 4.78 is 0. The molecule has 3 aliphatic rings. The Kier molecular flexibility index (Phi) is 2.69. The maximum atomic E-state index is 12.1. The van der Waals surface area contributed by atoms with E-state index in [0.717, 1.165) is 12.8 Å². The molecule has 1 aliphatic heterocycles. The van der Waals surface area contributed by atoms with Crippen molar-refractivity contribution in [3.05, 3.63) is 0 Å². The third kappa shape index (κ3) is 1.99. The summed E-state index contributed by atoms with van der Waals surface area (Å²) in [5, 5.41) is 3.36. The molecule has 0 radical (unpaired) electrons. The molecule has 2 aliphatic carbocycles. The molecule has 17 heavy (non-hydrogen) atoms. The molecule has 2 saturated carbocycles. The highest BCUT2D eigenvalue weighted by Crippen LogP contribution is 2.33. The molecule has 4 heteroatoms. The van der Waals surface area contributed by atoms with E-state index in [1.54, 1.807) is 0 Å². The van der Waals surface area contributed by atoms with Gasteiger partial charge in [-0.05, 0) is 38.5 Å². The molecule has 1 N–H and O–H groups in total. The second kappa shape index (κ2) is 4.09. The van der Waals surface area contributed by atoms with Crippen molar-refractivity contribution in [3.8, 4) is 0 Å². The van der Waals surface area contributed by atoms with Crippen LogP contribution < -0.4 is 5.32 Å². The Bertz CT molecular complexity index is 347. The minimum atomic E-state index is -0.251. The number of amides is 2. The molecule has 2 unspecified atom stereocenters. The average Bonchev–Trinajstić information content (AvgIpc) is 2.94. The van der Waals surface area contributed by atoms with Gasteiger partial charge in [-0.3, -0.25) is 14.5 Å². The number of imide groups is 1. The summed E-state index contributed by atoms with van der Waals surface area (Å²) in [7, 11) is 0. The average molecular weight is 236 g/mol. The second-order valence-corrected chi connectivity index (χ2v) is 5.74. The first kappa shape index (κ1) is 11.2. The zero-order valence-electron chi connectivity index (χ0n) is 10.3. The van der Waals surface area contributed by atoms with E-state index in [1.165, 1.54) is 24.2 Å². The van der Waals surface area contributed by atoms with Crippen molar-refractivity contribution in [3.63, 3.8) is 0 Å². The van der Waals surface area contributed by atoms with E-state index in [0.29, 0.717) is 18.4 Å². The smallest absolute Gasteiger partial charge is 0.247 e. The first-order chi connectivity index (χ1) is 8.16. The third-order valence-corrected chi connectivity index (χ3v) is 4.42. The van der Waals surface area contributed by atoms with Crippen molar-refractivity contribution in [1.82, 2.24) is 10.2 Å². The van der Waals surface area contributed by atoms with Crippen LogP contribution in [-0.4, -0.2) is 34.8 Å². The van der Waals surface area contributed by atoms with Gasteiger partial charge >= 0.3 is 0 Å². The zero-order chi connectivity index (χ0) is 12.0. The maximum Gasteiger partial charge on any atom is 0.247 e. The summed E-state index contributed by atoms with van der Waals surface area (Å²) in [5.41, 5.74) is 0. The van der Waals surface area contributed by atoms with Crippen molar-refractivity contribution >= 4 is 11.8 Å². The Balaban J connectivity index is 1.60. The van der Waals surface area contributed by atoms with Crippen molar-refractivity contribution in [2.24, 2.45) is 5.92 Å². The van der Waals surface area contributed by atoms with Gasteiger partial charge in [0.25, 0.3) is 0 Å². The predicted octanol–water partition coefficient (Wildman–Crippen LogP) is 1.05. The molecule has 0 aromatic carbocycles.